The third-order valence-electron chi connectivity index (χ3n) is 8.23. The number of nitrogens with one attached hydrogen (secondary N) is 1. The Balaban J connectivity index is 1.37. The molecule has 0 saturated carbocycles. The van der Waals surface area contributed by atoms with Gasteiger partial charge in [-0.1, -0.05) is 128 Å². The van der Waals surface area contributed by atoms with Crippen LogP contribution in [0.5, 0.6) is 0 Å². The number of ether oxygens (including phenoxy) is 3. The van der Waals surface area contributed by atoms with Crippen molar-refractivity contribution in [3.8, 4) is 0 Å². The molecular weight excluding hydrogens is 552 g/mol. The molecule has 1 N–H and O–H groups in total. The molecule has 7 nitrogen and oxygen atoms in total. The molecule has 1 aliphatic rings. The van der Waals surface area contributed by atoms with Crippen molar-refractivity contribution in [2.24, 2.45) is 0 Å². The molecule has 0 spiro atoms. The average Bonchev–Trinajstić information content (AvgIpc) is 3.49. The van der Waals surface area contributed by atoms with Gasteiger partial charge >= 0.3 is 5.69 Å². The summed E-state index contributed by atoms with van der Waals surface area (Å²) in [7, 11) is 0. The van der Waals surface area contributed by atoms with Crippen LogP contribution in [0.1, 0.15) is 47.4 Å². The summed E-state index contributed by atoms with van der Waals surface area (Å²) in [5.74, 6) is 0. The first kappa shape index (κ1) is 29.5. The minimum atomic E-state index is -0.931. The molecule has 4 aromatic carbocycles. The molecule has 0 unspecified atom stereocenters. The van der Waals surface area contributed by atoms with Crippen LogP contribution in [0.4, 0.5) is 0 Å². The summed E-state index contributed by atoms with van der Waals surface area (Å²) in [6, 6.07) is 40.5. The van der Waals surface area contributed by atoms with E-state index in [1.54, 1.807) is 6.20 Å². The van der Waals surface area contributed by atoms with Gasteiger partial charge < -0.3 is 14.2 Å². The van der Waals surface area contributed by atoms with Crippen molar-refractivity contribution in [1.29, 1.82) is 0 Å². The van der Waals surface area contributed by atoms with E-state index in [2.05, 4.69) is 41.4 Å². The number of H-pyrrole nitrogens is 1. The Morgan fingerprint density at radius 1 is 0.795 bits per heavy atom. The van der Waals surface area contributed by atoms with Gasteiger partial charge in [0.1, 0.15) is 17.9 Å². The zero-order chi connectivity index (χ0) is 30.4. The molecule has 0 radical (unpaired) electrons. The van der Waals surface area contributed by atoms with Crippen molar-refractivity contribution in [2.45, 2.75) is 50.4 Å². The van der Waals surface area contributed by atoms with Gasteiger partial charge in [0.15, 0.2) is 0 Å². The fourth-order valence-corrected chi connectivity index (χ4v) is 5.94. The topological polar surface area (TPSA) is 82.6 Å². The van der Waals surface area contributed by atoms with Crippen LogP contribution in [0.25, 0.3) is 0 Å². The Hall–Kier alpha value is -4.56. The maximum atomic E-state index is 12.9. The maximum Gasteiger partial charge on any atom is 0.330 e. The van der Waals surface area contributed by atoms with Crippen molar-refractivity contribution in [2.75, 3.05) is 6.61 Å². The molecule has 1 aromatic heterocycles. The second-order valence-corrected chi connectivity index (χ2v) is 11.0. The highest BCUT2D eigenvalue weighted by atomic mass is 16.6. The van der Waals surface area contributed by atoms with Crippen molar-refractivity contribution in [3.63, 3.8) is 0 Å². The summed E-state index contributed by atoms with van der Waals surface area (Å²) in [4.78, 5) is 27.6. The molecule has 7 heteroatoms. The lowest BCUT2D eigenvalue weighted by Gasteiger charge is -2.37. The SMILES string of the molecule is CCc1cn([C@H]2C[C@H](OCc3ccccc3)[C@@H](COC(c3ccccc3)(c3ccccc3)c3ccccc3)O2)c(=O)[nH]c1=O. The minimum absolute atomic E-state index is 0.188. The number of hydrogen-bond donors (Lipinski definition) is 1. The van der Waals surface area contributed by atoms with Crippen LogP contribution in [0, 0.1) is 0 Å². The number of aromatic nitrogens is 2. The van der Waals surface area contributed by atoms with Crippen LogP contribution < -0.4 is 11.2 Å². The number of hydrogen-bond acceptors (Lipinski definition) is 5. The van der Waals surface area contributed by atoms with Crippen molar-refractivity contribution in [1.82, 2.24) is 9.55 Å². The molecule has 6 rings (SSSR count). The Kier molecular flexibility index (Phi) is 8.98. The molecule has 0 aliphatic carbocycles. The van der Waals surface area contributed by atoms with E-state index in [9.17, 15) is 9.59 Å². The van der Waals surface area contributed by atoms with Gasteiger partial charge in [-0.3, -0.25) is 14.3 Å². The van der Waals surface area contributed by atoms with E-state index in [1.807, 2.05) is 91.9 Å². The van der Waals surface area contributed by atoms with Gasteiger partial charge in [0.05, 0.1) is 19.3 Å². The predicted octanol–water partition coefficient (Wildman–Crippen LogP) is 5.98. The van der Waals surface area contributed by atoms with Crippen molar-refractivity contribution < 1.29 is 14.2 Å². The van der Waals surface area contributed by atoms with Gasteiger partial charge in [0.2, 0.25) is 0 Å². The van der Waals surface area contributed by atoms with Gasteiger partial charge in [0.25, 0.3) is 5.56 Å². The second kappa shape index (κ2) is 13.4. The zero-order valence-electron chi connectivity index (χ0n) is 24.7. The summed E-state index contributed by atoms with van der Waals surface area (Å²) in [6.45, 7) is 2.46. The molecule has 0 bridgehead atoms. The summed E-state index contributed by atoms with van der Waals surface area (Å²) in [5, 5.41) is 0. The molecule has 5 aromatic rings. The van der Waals surface area contributed by atoms with Gasteiger partial charge in [-0.25, -0.2) is 4.79 Å². The molecule has 1 aliphatic heterocycles. The zero-order valence-corrected chi connectivity index (χ0v) is 24.7. The largest absolute Gasteiger partial charge is 0.371 e. The van der Waals surface area contributed by atoms with Gasteiger partial charge in [0, 0.05) is 18.2 Å². The molecule has 1 saturated heterocycles. The third-order valence-corrected chi connectivity index (χ3v) is 8.23. The van der Waals surface area contributed by atoms with E-state index in [0.29, 0.717) is 25.0 Å². The van der Waals surface area contributed by atoms with Crippen LogP contribution in [0.15, 0.2) is 137 Å². The molecule has 224 valence electrons. The van der Waals surface area contributed by atoms with Crippen molar-refractivity contribution in [3.05, 3.63) is 176 Å². The number of rotatable bonds is 11. The average molecular weight is 589 g/mol. The Bertz CT molecular complexity index is 1660. The number of nitrogens with zero attached hydrogens (tertiary/aromatic N) is 1. The lowest BCUT2D eigenvalue weighted by Crippen LogP contribution is -2.38. The monoisotopic (exact) mass is 588 g/mol. The smallest absolute Gasteiger partial charge is 0.330 e. The van der Waals surface area contributed by atoms with E-state index in [4.69, 9.17) is 14.2 Å². The van der Waals surface area contributed by atoms with Gasteiger partial charge in [-0.05, 0) is 28.7 Å². The standard InChI is InChI=1S/C37H36N2O5/c1-2-28-24-39(36(41)38-35(28)40)34-23-32(42-25-27-15-7-3-8-16-27)33(44-34)26-43-37(29-17-9-4-10-18-29,30-19-11-5-12-20-30)31-21-13-6-14-22-31/h3-22,24,32-34H,2,23,25-26H2,1H3,(H,38,40,41)/t32-,33+,34+/m0/s1. The fourth-order valence-electron chi connectivity index (χ4n) is 5.94. The van der Waals surface area contributed by atoms with Crippen LogP contribution in [0.3, 0.4) is 0 Å². The highest BCUT2D eigenvalue weighted by Gasteiger charge is 2.43. The Morgan fingerprint density at radius 3 is 1.84 bits per heavy atom. The number of aryl methyl sites for hydroxylation is 1. The Morgan fingerprint density at radius 2 is 1.32 bits per heavy atom. The van der Waals surface area contributed by atoms with E-state index < -0.39 is 23.6 Å². The summed E-state index contributed by atoms with van der Waals surface area (Å²) in [6.07, 6.45) is 1.03. The summed E-state index contributed by atoms with van der Waals surface area (Å²) >= 11 is 0. The molecule has 2 heterocycles. The molecule has 3 atom stereocenters. The lowest BCUT2D eigenvalue weighted by molar-refractivity contribution is -0.106. The molecule has 1 fully saturated rings. The first-order valence-electron chi connectivity index (χ1n) is 15.0. The normalized spacial score (nSPS) is 18.3. The number of aromatic amines is 1. The lowest BCUT2D eigenvalue weighted by atomic mass is 9.80. The minimum Gasteiger partial charge on any atom is -0.371 e. The molecular formula is C37H36N2O5. The van der Waals surface area contributed by atoms with E-state index >= 15 is 0 Å². The highest BCUT2D eigenvalue weighted by molar-refractivity contribution is 5.47. The quantitative estimate of drug-likeness (QED) is 0.192. The van der Waals surface area contributed by atoms with E-state index in [-0.39, 0.29) is 18.3 Å². The maximum absolute atomic E-state index is 12.9. The van der Waals surface area contributed by atoms with Crippen LogP contribution in [-0.2, 0) is 32.8 Å². The summed E-state index contributed by atoms with van der Waals surface area (Å²) < 4.78 is 21.6. The second-order valence-electron chi connectivity index (χ2n) is 11.0. The van der Waals surface area contributed by atoms with Gasteiger partial charge in [-0.2, -0.15) is 0 Å². The Labute approximate surface area is 256 Å². The van der Waals surface area contributed by atoms with Gasteiger partial charge in [-0.15, -0.1) is 0 Å². The summed E-state index contributed by atoms with van der Waals surface area (Å²) in [5.41, 5.74) is 2.70. The van der Waals surface area contributed by atoms with Crippen LogP contribution >= 0.6 is 0 Å². The van der Waals surface area contributed by atoms with E-state index in [0.717, 1.165) is 22.3 Å². The molecule has 44 heavy (non-hydrogen) atoms. The van der Waals surface area contributed by atoms with Crippen molar-refractivity contribution >= 4 is 0 Å². The first-order chi connectivity index (χ1) is 21.6. The van der Waals surface area contributed by atoms with Crippen LogP contribution in [0.2, 0.25) is 0 Å². The number of benzene rings is 4. The first-order valence-corrected chi connectivity index (χ1v) is 15.0. The highest BCUT2D eigenvalue weighted by Crippen LogP contribution is 2.42. The fraction of sp³-hybridized carbons (Fsp3) is 0.243. The molecule has 0 amide bonds. The third kappa shape index (κ3) is 6.08. The van der Waals surface area contributed by atoms with Crippen LogP contribution in [-0.4, -0.2) is 28.4 Å². The predicted molar refractivity (Wildman–Crippen MR) is 169 cm³/mol. The van der Waals surface area contributed by atoms with E-state index in [1.165, 1.54) is 4.57 Å².